The van der Waals surface area contributed by atoms with Crippen molar-refractivity contribution in [3.05, 3.63) is 0 Å². The van der Waals surface area contributed by atoms with Crippen LogP contribution >= 0.6 is 11.8 Å². The van der Waals surface area contributed by atoms with Crippen LogP contribution in [0.25, 0.3) is 0 Å². The molecule has 0 atom stereocenters. The van der Waals surface area contributed by atoms with Gasteiger partial charge in [0.25, 0.3) is 0 Å². The van der Waals surface area contributed by atoms with Crippen molar-refractivity contribution in [3.8, 4) is 0 Å². The van der Waals surface area contributed by atoms with Gasteiger partial charge < -0.3 is 4.90 Å². The van der Waals surface area contributed by atoms with Crippen LogP contribution in [-0.2, 0) is 0 Å². The molecule has 0 aromatic rings. The van der Waals surface area contributed by atoms with Crippen molar-refractivity contribution in [1.82, 2.24) is 4.90 Å². The van der Waals surface area contributed by atoms with E-state index in [1.54, 1.807) is 0 Å². The first-order valence-corrected chi connectivity index (χ1v) is 5.44. The highest BCUT2D eigenvalue weighted by Gasteiger charge is 2.24. The molecule has 0 saturated carbocycles. The smallest absolute Gasteiger partial charge is 0.0111 e. The number of nitrogens with zero attached hydrogens (tertiary/aromatic N) is 1. The minimum absolute atomic E-state index is 0.968. The molecular formula is C8H15NS. The maximum Gasteiger partial charge on any atom is 0.0111 e. The molecule has 0 aliphatic carbocycles. The fourth-order valence-electron chi connectivity index (χ4n) is 1.76. The van der Waals surface area contributed by atoms with Crippen LogP contribution in [0.5, 0.6) is 0 Å². The molecule has 0 bridgehead atoms. The molecule has 2 heteroatoms. The highest BCUT2D eigenvalue weighted by atomic mass is 32.2. The summed E-state index contributed by atoms with van der Waals surface area (Å²) in [6.07, 6.45) is 4.35. The van der Waals surface area contributed by atoms with Crippen molar-refractivity contribution in [2.45, 2.75) is 25.3 Å². The lowest BCUT2D eigenvalue weighted by molar-refractivity contribution is 0.111. The Kier molecular flexibility index (Phi) is 2.19. The summed E-state index contributed by atoms with van der Waals surface area (Å²) in [5, 5.41) is 0. The Morgan fingerprint density at radius 3 is 2.30 bits per heavy atom. The largest absolute Gasteiger partial charge is 0.300 e. The molecule has 0 aromatic heterocycles. The van der Waals surface area contributed by atoms with Crippen molar-refractivity contribution >= 4 is 11.8 Å². The maximum absolute atomic E-state index is 2.65. The Hall–Kier alpha value is 0.310. The molecule has 0 N–H and O–H groups in total. The average Bonchev–Trinajstić information content (AvgIpc) is 1.86. The van der Waals surface area contributed by atoms with Gasteiger partial charge in [0.15, 0.2) is 0 Å². The van der Waals surface area contributed by atoms with Crippen LogP contribution < -0.4 is 0 Å². The van der Waals surface area contributed by atoms with Crippen LogP contribution in [0.1, 0.15) is 19.3 Å². The lowest BCUT2D eigenvalue weighted by atomic mass is 10.1. The molecule has 58 valence electrons. The summed E-state index contributed by atoms with van der Waals surface area (Å²) in [6.45, 7) is 2.77. The van der Waals surface area contributed by atoms with Crippen LogP contribution in [0.3, 0.4) is 0 Å². The normalized spacial score (nSPS) is 30.0. The Morgan fingerprint density at radius 1 is 1.10 bits per heavy atom. The van der Waals surface area contributed by atoms with Crippen LogP contribution in [0.2, 0.25) is 0 Å². The van der Waals surface area contributed by atoms with Gasteiger partial charge in [-0.25, -0.2) is 0 Å². The third kappa shape index (κ3) is 1.32. The number of likely N-dealkylation sites (tertiary alicyclic amines) is 1. The summed E-state index contributed by atoms with van der Waals surface area (Å²) in [5.74, 6) is 2.81. The van der Waals surface area contributed by atoms with Gasteiger partial charge in [-0.2, -0.15) is 11.8 Å². The Labute approximate surface area is 67.2 Å². The molecule has 0 unspecified atom stereocenters. The predicted octanol–water partition coefficient (Wildman–Crippen LogP) is 1.59. The Morgan fingerprint density at radius 2 is 1.80 bits per heavy atom. The lowest BCUT2D eigenvalue weighted by Crippen LogP contribution is -2.46. The second-order valence-corrected chi connectivity index (χ2v) is 4.46. The van der Waals surface area contributed by atoms with E-state index in [0.29, 0.717) is 0 Å². The van der Waals surface area contributed by atoms with Crippen LogP contribution in [-0.4, -0.2) is 35.5 Å². The number of rotatable bonds is 1. The van der Waals surface area contributed by atoms with Crippen LogP contribution in [0.15, 0.2) is 0 Å². The average molecular weight is 157 g/mol. The molecule has 2 saturated heterocycles. The molecule has 0 aromatic carbocycles. The Balaban J connectivity index is 1.78. The van der Waals surface area contributed by atoms with E-state index in [0.717, 1.165) is 6.04 Å². The quantitative estimate of drug-likeness (QED) is 0.568. The summed E-state index contributed by atoms with van der Waals surface area (Å²) in [6, 6.07) is 0.968. The van der Waals surface area contributed by atoms with E-state index in [1.807, 2.05) is 0 Å². The van der Waals surface area contributed by atoms with E-state index in [9.17, 15) is 0 Å². The zero-order valence-corrected chi connectivity index (χ0v) is 7.20. The van der Waals surface area contributed by atoms with E-state index < -0.39 is 0 Å². The highest BCUT2D eigenvalue weighted by molar-refractivity contribution is 7.99. The van der Waals surface area contributed by atoms with Gasteiger partial charge in [-0.05, 0) is 43.9 Å². The lowest BCUT2D eigenvalue weighted by Gasteiger charge is -2.40. The molecular weight excluding hydrogens is 142 g/mol. The zero-order chi connectivity index (χ0) is 6.81. The summed E-state index contributed by atoms with van der Waals surface area (Å²) < 4.78 is 0. The third-order valence-electron chi connectivity index (χ3n) is 2.60. The number of hydrogen-bond acceptors (Lipinski definition) is 2. The molecule has 2 aliphatic heterocycles. The molecule has 2 fully saturated rings. The zero-order valence-electron chi connectivity index (χ0n) is 6.38. The number of thioether (sulfide) groups is 1. The topological polar surface area (TPSA) is 3.24 Å². The third-order valence-corrected chi connectivity index (χ3v) is 3.65. The second-order valence-electron chi connectivity index (χ2n) is 3.23. The van der Waals surface area contributed by atoms with Gasteiger partial charge in [-0.3, -0.25) is 0 Å². The maximum atomic E-state index is 2.65. The molecule has 0 amide bonds. The van der Waals surface area contributed by atoms with Gasteiger partial charge in [-0.1, -0.05) is 0 Å². The van der Waals surface area contributed by atoms with Crippen molar-refractivity contribution in [2.24, 2.45) is 0 Å². The standard InChI is InChI=1S/C8H15NS/c1-4-9(5-1)8-2-6-10-7-3-8/h8H,1-7H2. The van der Waals surface area contributed by atoms with E-state index in [1.165, 1.54) is 43.9 Å². The molecule has 0 spiro atoms. The second kappa shape index (κ2) is 3.14. The fraction of sp³-hybridized carbons (Fsp3) is 1.00. The SMILES string of the molecule is C1CN(C2CCSCC2)C1. The summed E-state index contributed by atoms with van der Waals surface area (Å²) in [5.41, 5.74) is 0. The van der Waals surface area contributed by atoms with E-state index in [-0.39, 0.29) is 0 Å². The molecule has 10 heavy (non-hydrogen) atoms. The first-order valence-electron chi connectivity index (χ1n) is 4.28. The van der Waals surface area contributed by atoms with Crippen molar-refractivity contribution in [1.29, 1.82) is 0 Å². The monoisotopic (exact) mass is 157 g/mol. The van der Waals surface area contributed by atoms with Gasteiger partial charge in [0, 0.05) is 6.04 Å². The molecule has 2 heterocycles. The molecule has 2 rings (SSSR count). The van der Waals surface area contributed by atoms with Gasteiger partial charge in [-0.15, -0.1) is 0 Å². The van der Waals surface area contributed by atoms with Gasteiger partial charge >= 0.3 is 0 Å². The summed E-state index contributed by atoms with van der Waals surface area (Å²) in [7, 11) is 0. The minimum Gasteiger partial charge on any atom is -0.300 e. The minimum atomic E-state index is 0.968. The first-order chi connectivity index (χ1) is 4.97. The van der Waals surface area contributed by atoms with Gasteiger partial charge in [0.05, 0.1) is 0 Å². The summed E-state index contributed by atoms with van der Waals surface area (Å²) >= 11 is 2.12. The van der Waals surface area contributed by atoms with Gasteiger partial charge in [0.2, 0.25) is 0 Å². The molecule has 0 radical (unpaired) electrons. The summed E-state index contributed by atoms with van der Waals surface area (Å²) in [4.78, 5) is 2.65. The van der Waals surface area contributed by atoms with E-state index in [2.05, 4.69) is 16.7 Å². The van der Waals surface area contributed by atoms with Crippen molar-refractivity contribution < 1.29 is 0 Å². The van der Waals surface area contributed by atoms with Crippen molar-refractivity contribution in [3.63, 3.8) is 0 Å². The number of hydrogen-bond donors (Lipinski definition) is 0. The van der Waals surface area contributed by atoms with Gasteiger partial charge in [0.1, 0.15) is 0 Å². The van der Waals surface area contributed by atoms with Crippen LogP contribution in [0.4, 0.5) is 0 Å². The van der Waals surface area contributed by atoms with E-state index in [4.69, 9.17) is 0 Å². The van der Waals surface area contributed by atoms with E-state index >= 15 is 0 Å². The highest BCUT2D eigenvalue weighted by Crippen LogP contribution is 2.24. The van der Waals surface area contributed by atoms with Crippen LogP contribution in [0, 0.1) is 0 Å². The predicted molar refractivity (Wildman–Crippen MR) is 46.5 cm³/mol. The molecule has 1 nitrogen and oxygen atoms in total. The van der Waals surface area contributed by atoms with Crippen molar-refractivity contribution in [2.75, 3.05) is 24.6 Å². The molecule has 2 aliphatic rings. The Bertz CT molecular complexity index is 106. The first kappa shape index (κ1) is 6.99. The fourth-order valence-corrected chi connectivity index (χ4v) is 2.84.